The maximum Gasteiger partial charge on any atom is 0.124 e. The van der Waals surface area contributed by atoms with Crippen molar-refractivity contribution in [3.8, 4) is 0 Å². The molecule has 3 rings (SSSR count). The molecule has 0 bridgehead atoms. The Labute approximate surface area is 137 Å². The molecule has 2 unspecified atom stereocenters. The predicted octanol–water partition coefficient (Wildman–Crippen LogP) is 4.90. The lowest BCUT2D eigenvalue weighted by Crippen LogP contribution is -2.35. The molecule has 4 heteroatoms. The summed E-state index contributed by atoms with van der Waals surface area (Å²) in [4.78, 5) is 1.53. The minimum absolute atomic E-state index is 0.172. The van der Waals surface area contributed by atoms with Crippen LogP contribution in [0.5, 0.6) is 0 Å². The highest BCUT2D eigenvalue weighted by molar-refractivity contribution is 9.10. The van der Waals surface area contributed by atoms with E-state index in [2.05, 4.69) is 32.7 Å². The summed E-state index contributed by atoms with van der Waals surface area (Å²) in [6, 6.07) is 7.80. The van der Waals surface area contributed by atoms with Gasteiger partial charge in [-0.25, -0.2) is 4.39 Å². The van der Waals surface area contributed by atoms with Crippen molar-refractivity contribution in [3.63, 3.8) is 0 Å². The van der Waals surface area contributed by atoms with Crippen molar-refractivity contribution in [1.29, 1.82) is 0 Å². The van der Waals surface area contributed by atoms with Crippen molar-refractivity contribution in [2.24, 2.45) is 0 Å². The third-order valence-electron chi connectivity index (χ3n) is 4.33. The Kier molecular flexibility index (Phi) is 4.77. The van der Waals surface area contributed by atoms with E-state index in [1.807, 2.05) is 24.5 Å². The molecule has 21 heavy (non-hydrogen) atoms. The van der Waals surface area contributed by atoms with Crippen LogP contribution in [0.25, 0.3) is 0 Å². The Morgan fingerprint density at radius 3 is 3.05 bits per heavy atom. The number of nitrogens with one attached hydrogen (secondary N) is 1. The van der Waals surface area contributed by atoms with Gasteiger partial charge in [0.25, 0.3) is 0 Å². The Morgan fingerprint density at radius 1 is 1.43 bits per heavy atom. The lowest BCUT2D eigenvalue weighted by atomic mass is 9.80. The number of thiophene rings is 1. The lowest BCUT2D eigenvalue weighted by Gasteiger charge is -2.30. The molecule has 1 aliphatic rings. The van der Waals surface area contributed by atoms with Crippen LogP contribution in [0.4, 0.5) is 4.39 Å². The number of halogens is 2. The molecule has 0 amide bonds. The van der Waals surface area contributed by atoms with Crippen LogP contribution in [0.2, 0.25) is 0 Å². The van der Waals surface area contributed by atoms with Crippen LogP contribution in [0.15, 0.2) is 34.1 Å². The number of hydrogen-bond donors (Lipinski definition) is 1. The fraction of sp³-hybridized carbons (Fsp3) is 0.412. The number of likely N-dealkylation sites (N-methyl/N-ethyl adjacent to an activating group) is 1. The third-order valence-corrected chi connectivity index (χ3v) is 5.79. The van der Waals surface area contributed by atoms with Gasteiger partial charge in [0.1, 0.15) is 5.82 Å². The van der Waals surface area contributed by atoms with E-state index in [9.17, 15) is 4.39 Å². The van der Waals surface area contributed by atoms with Gasteiger partial charge in [0, 0.05) is 21.3 Å². The molecule has 1 heterocycles. The highest BCUT2D eigenvalue weighted by Crippen LogP contribution is 2.37. The van der Waals surface area contributed by atoms with Crippen LogP contribution < -0.4 is 5.32 Å². The summed E-state index contributed by atoms with van der Waals surface area (Å²) in [5.74, 6) is 0.362. The number of aryl methyl sites for hydroxylation is 1. The number of fused-ring (bicyclic) bond motifs is 1. The van der Waals surface area contributed by atoms with Gasteiger partial charge < -0.3 is 5.32 Å². The molecule has 0 radical (unpaired) electrons. The predicted molar refractivity (Wildman–Crippen MR) is 90.6 cm³/mol. The SMILES string of the molecule is CNC(Cc1cc(F)cc(Br)c1)C1CCCc2sccc21. The molecule has 2 atom stereocenters. The Hall–Kier alpha value is -0.710. The van der Waals surface area contributed by atoms with E-state index in [1.54, 1.807) is 6.07 Å². The van der Waals surface area contributed by atoms with Crippen molar-refractivity contribution in [1.82, 2.24) is 5.32 Å². The monoisotopic (exact) mass is 367 g/mol. The van der Waals surface area contributed by atoms with Gasteiger partial charge >= 0.3 is 0 Å². The highest BCUT2D eigenvalue weighted by Gasteiger charge is 2.28. The zero-order valence-corrected chi connectivity index (χ0v) is 14.4. The molecule has 1 aliphatic carbocycles. The van der Waals surface area contributed by atoms with Crippen LogP contribution in [-0.2, 0) is 12.8 Å². The van der Waals surface area contributed by atoms with E-state index in [-0.39, 0.29) is 5.82 Å². The zero-order chi connectivity index (χ0) is 14.8. The van der Waals surface area contributed by atoms with E-state index in [0.29, 0.717) is 12.0 Å². The van der Waals surface area contributed by atoms with E-state index in [4.69, 9.17) is 0 Å². The Bertz CT molecular complexity index is 605. The van der Waals surface area contributed by atoms with Crippen molar-refractivity contribution in [2.45, 2.75) is 37.6 Å². The molecule has 0 fully saturated rings. The fourth-order valence-electron chi connectivity index (χ4n) is 3.37. The van der Waals surface area contributed by atoms with Gasteiger partial charge in [0.2, 0.25) is 0 Å². The molecule has 1 N–H and O–H groups in total. The van der Waals surface area contributed by atoms with Gasteiger partial charge in [-0.1, -0.05) is 15.9 Å². The van der Waals surface area contributed by atoms with Gasteiger partial charge in [0.15, 0.2) is 0 Å². The largest absolute Gasteiger partial charge is 0.316 e. The molecule has 0 aliphatic heterocycles. The quantitative estimate of drug-likeness (QED) is 0.809. The van der Waals surface area contributed by atoms with Crippen molar-refractivity contribution in [3.05, 3.63) is 55.9 Å². The maximum absolute atomic E-state index is 13.6. The summed E-state index contributed by atoms with van der Waals surface area (Å²) in [5, 5.41) is 5.66. The first kappa shape index (κ1) is 15.2. The summed E-state index contributed by atoms with van der Waals surface area (Å²) in [7, 11) is 2.01. The lowest BCUT2D eigenvalue weighted by molar-refractivity contribution is 0.413. The second kappa shape index (κ2) is 6.59. The summed E-state index contributed by atoms with van der Waals surface area (Å²) >= 11 is 5.25. The van der Waals surface area contributed by atoms with Crippen LogP contribution >= 0.6 is 27.3 Å². The van der Waals surface area contributed by atoms with Gasteiger partial charge in [-0.3, -0.25) is 0 Å². The minimum Gasteiger partial charge on any atom is -0.316 e. The fourth-order valence-corrected chi connectivity index (χ4v) is 4.88. The van der Waals surface area contributed by atoms with E-state index >= 15 is 0 Å². The molecule has 1 aromatic carbocycles. The van der Waals surface area contributed by atoms with Gasteiger partial charge in [-0.2, -0.15) is 0 Å². The molecular formula is C17H19BrFNS. The molecule has 112 valence electrons. The van der Waals surface area contributed by atoms with E-state index in [0.717, 1.165) is 16.5 Å². The summed E-state index contributed by atoms with van der Waals surface area (Å²) in [6.45, 7) is 0. The first-order valence-electron chi connectivity index (χ1n) is 7.36. The number of rotatable bonds is 4. The van der Waals surface area contributed by atoms with E-state index < -0.39 is 0 Å². The number of benzene rings is 1. The smallest absolute Gasteiger partial charge is 0.124 e. The Balaban J connectivity index is 1.83. The standard InChI is InChI=1S/C17H19BrFNS/c1-20-16(9-11-7-12(18)10-13(19)8-11)14-3-2-4-17-15(14)5-6-21-17/h5-8,10,14,16,20H,2-4,9H2,1H3. The van der Waals surface area contributed by atoms with Crippen LogP contribution in [0, 0.1) is 5.82 Å². The van der Waals surface area contributed by atoms with Crippen LogP contribution in [-0.4, -0.2) is 13.1 Å². The second-order valence-corrected chi connectivity index (χ2v) is 7.59. The molecule has 0 spiro atoms. The topological polar surface area (TPSA) is 12.0 Å². The van der Waals surface area contributed by atoms with Gasteiger partial charge in [-0.15, -0.1) is 11.3 Å². The Morgan fingerprint density at radius 2 is 2.29 bits per heavy atom. The highest BCUT2D eigenvalue weighted by atomic mass is 79.9. The summed E-state index contributed by atoms with van der Waals surface area (Å²) in [6.07, 6.45) is 4.53. The summed E-state index contributed by atoms with van der Waals surface area (Å²) < 4.78 is 14.4. The van der Waals surface area contributed by atoms with Crippen molar-refractivity contribution in [2.75, 3.05) is 7.05 Å². The third kappa shape index (κ3) is 3.38. The maximum atomic E-state index is 13.6. The first-order chi connectivity index (χ1) is 10.2. The van der Waals surface area contributed by atoms with Crippen molar-refractivity contribution >= 4 is 27.3 Å². The molecule has 0 saturated heterocycles. The zero-order valence-electron chi connectivity index (χ0n) is 12.0. The minimum atomic E-state index is -0.172. The average Bonchev–Trinajstić information content (AvgIpc) is 2.92. The molecule has 0 saturated carbocycles. The van der Waals surface area contributed by atoms with Gasteiger partial charge in [-0.05, 0) is 73.5 Å². The molecule has 1 aromatic heterocycles. The van der Waals surface area contributed by atoms with Gasteiger partial charge in [0.05, 0.1) is 0 Å². The second-order valence-electron chi connectivity index (χ2n) is 5.67. The average molecular weight is 368 g/mol. The number of hydrogen-bond acceptors (Lipinski definition) is 2. The van der Waals surface area contributed by atoms with Crippen LogP contribution in [0.1, 0.15) is 34.8 Å². The van der Waals surface area contributed by atoms with Crippen molar-refractivity contribution < 1.29 is 4.39 Å². The molecular weight excluding hydrogens is 349 g/mol. The van der Waals surface area contributed by atoms with Crippen LogP contribution in [0.3, 0.4) is 0 Å². The first-order valence-corrected chi connectivity index (χ1v) is 9.03. The van der Waals surface area contributed by atoms with E-state index in [1.165, 1.54) is 35.8 Å². The molecule has 2 aromatic rings. The normalized spacial score (nSPS) is 19.3. The molecule has 1 nitrogen and oxygen atoms in total. The summed E-state index contributed by atoms with van der Waals surface area (Å²) in [5.41, 5.74) is 2.55.